The van der Waals surface area contributed by atoms with E-state index in [-0.39, 0.29) is 0 Å². The lowest BCUT2D eigenvalue weighted by Crippen LogP contribution is -2.16. The number of hydrogen-bond acceptors (Lipinski definition) is 4. The Morgan fingerprint density at radius 3 is 3.15 bits per heavy atom. The van der Waals surface area contributed by atoms with Gasteiger partial charge < -0.3 is 15.2 Å². The van der Waals surface area contributed by atoms with Crippen LogP contribution in [0.3, 0.4) is 0 Å². The van der Waals surface area contributed by atoms with Crippen LogP contribution in [0.2, 0.25) is 0 Å². The highest BCUT2D eigenvalue weighted by Crippen LogP contribution is 2.13. The lowest BCUT2D eigenvalue weighted by atomic mass is 10.4. The molecule has 1 amide bonds. The van der Waals surface area contributed by atoms with Crippen molar-refractivity contribution in [2.45, 2.75) is 0 Å². The number of carbonyl (C=O) groups is 1. The van der Waals surface area contributed by atoms with E-state index in [1.807, 2.05) is 0 Å². The van der Waals surface area contributed by atoms with E-state index in [1.165, 1.54) is 13.3 Å². The third-order valence-electron chi connectivity index (χ3n) is 1.38. The number of pyridine rings is 1. The third-order valence-corrected chi connectivity index (χ3v) is 1.38. The first-order chi connectivity index (χ1) is 6.26. The minimum absolute atomic E-state index is 0.360. The van der Waals surface area contributed by atoms with Gasteiger partial charge in [-0.25, -0.2) is 4.98 Å². The molecular formula is C8H10N2O3. The van der Waals surface area contributed by atoms with Crippen molar-refractivity contribution in [1.29, 1.82) is 0 Å². The lowest BCUT2D eigenvalue weighted by Gasteiger charge is -2.03. The molecule has 1 rings (SSSR count). The van der Waals surface area contributed by atoms with Crippen LogP contribution >= 0.6 is 0 Å². The van der Waals surface area contributed by atoms with Gasteiger partial charge in [0.15, 0.2) is 0 Å². The van der Waals surface area contributed by atoms with E-state index < -0.39 is 12.5 Å². The number of aromatic nitrogens is 1. The van der Waals surface area contributed by atoms with Crippen LogP contribution in [0, 0.1) is 0 Å². The van der Waals surface area contributed by atoms with Crippen molar-refractivity contribution in [3.63, 3.8) is 0 Å². The SMILES string of the molecule is COc1ccnc(NC(=O)CO)c1. The molecule has 0 aromatic carbocycles. The Bertz CT molecular complexity index is 301. The molecule has 0 aliphatic rings. The highest BCUT2D eigenvalue weighted by atomic mass is 16.5. The van der Waals surface area contributed by atoms with Gasteiger partial charge in [-0.2, -0.15) is 0 Å². The van der Waals surface area contributed by atoms with Crippen LogP contribution in [0.5, 0.6) is 5.75 Å². The van der Waals surface area contributed by atoms with E-state index in [0.717, 1.165) is 0 Å². The lowest BCUT2D eigenvalue weighted by molar-refractivity contribution is -0.118. The monoisotopic (exact) mass is 182 g/mol. The molecule has 0 unspecified atom stereocenters. The molecule has 1 aromatic rings. The van der Waals surface area contributed by atoms with Gasteiger partial charge in [0, 0.05) is 12.3 Å². The van der Waals surface area contributed by atoms with Crippen LogP contribution in [0.15, 0.2) is 18.3 Å². The fourth-order valence-corrected chi connectivity index (χ4v) is 0.789. The summed E-state index contributed by atoms with van der Waals surface area (Å²) >= 11 is 0. The predicted molar refractivity (Wildman–Crippen MR) is 46.5 cm³/mol. The quantitative estimate of drug-likeness (QED) is 0.691. The zero-order chi connectivity index (χ0) is 9.68. The second-order valence-corrected chi connectivity index (χ2v) is 2.29. The molecular weight excluding hydrogens is 172 g/mol. The minimum atomic E-state index is -0.557. The number of methoxy groups -OCH3 is 1. The molecule has 5 nitrogen and oxygen atoms in total. The van der Waals surface area contributed by atoms with Gasteiger partial charge in [0.05, 0.1) is 7.11 Å². The smallest absolute Gasteiger partial charge is 0.251 e. The van der Waals surface area contributed by atoms with Crippen molar-refractivity contribution in [1.82, 2.24) is 4.98 Å². The topological polar surface area (TPSA) is 71.5 Å². The average molecular weight is 182 g/mol. The summed E-state index contributed by atoms with van der Waals surface area (Å²) in [4.78, 5) is 14.6. The van der Waals surface area contributed by atoms with Crippen LogP contribution < -0.4 is 10.1 Å². The van der Waals surface area contributed by atoms with Crippen molar-refractivity contribution < 1.29 is 14.6 Å². The van der Waals surface area contributed by atoms with E-state index in [2.05, 4.69) is 10.3 Å². The number of nitrogens with zero attached hydrogens (tertiary/aromatic N) is 1. The van der Waals surface area contributed by atoms with Crippen molar-refractivity contribution in [2.75, 3.05) is 19.0 Å². The summed E-state index contributed by atoms with van der Waals surface area (Å²) < 4.78 is 4.92. The summed E-state index contributed by atoms with van der Waals surface area (Å²) in [6.07, 6.45) is 1.51. The number of aliphatic hydroxyl groups excluding tert-OH is 1. The fraction of sp³-hybridized carbons (Fsp3) is 0.250. The predicted octanol–water partition coefficient (Wildman–Crippen LogP) is 0.0210. The second-order valence-electron chi connectivity index (χ2n) is 2.29. The van der Waals surface area contributed by atoms with E-state index in [1.54, 1.807) is 12.1 Å². The summed E-state index contributed by atoms with van der Waals surface area (Å²) in [5.74, 6) is 0.461. The van der Waals surface area contributed by atoms with Crippen LogP contribution in [-0.2, 0) is 4.79 Å². The minimum Gasteiger partial charge on any atom is -0.497 e. The number of anilines is 1. The summed E-state index contributed by atoms with van der Waals surface area (Å²) in [5, 5.41) is 10.8. The summed E-state index contributed by atoms with van der Waals surface area (Å²) in [6.45, 7) is -0.557. The standard InChI is InChI=1S/C8H10N2O3/c1-13-6-2-3-9-7(4-6)10-8(12)5-11/h2-4,11H,5H2,1H3,(H,9,10,12). The molecule has 1 heterocycles. The Labute approximate surface area is 75.4 Å². The van der Waals surface area contributed by atoms with Gasteiger partial charge in [-0.15, -0.1) is 0 Å². The third kappa shape index (κ3) is 2.72. The van der Waals surface area contributed by atoms with Gasteiger partial charge in [0.2, 0.25) is 0 Å². The van der Waals surface area contributed by atoms with Gasteiger partial charge >= 0.3 is 0 Å². The molecule has 0 atom stereocenters. The van der Waals surface area contributed by atoms with E-state index in [0.29, 0.717) is 11.6 Å². The van der Waals surface area contributed by atoms with Crippen molar-refractivity contribution >= 4 is 11.7 Å². The first-order valence-corrected chi connectivity index (χ1v) is 3.67. The van der Waals surface area contributed by atoms with Crippen molar-refractivity contribution in [2.24, 2.45) is 0 Å². The Balaban J connectivity index is 2.71. The number of carbonyl (C=O) groups excluding carboxylic acids is 1. The normalized spacial score (nSPS) is 9.38. The molecule has 0 aliphatic heterocycles. The van der Waals surface area contributed by atoms with E-state index >= 15 is 0 Å². The van der Waals surface area contributed by atoms with Crippen molar-refractivity contribution in [3.05, 3.63) is 18.3 Å². The molecule has 1 aromatic heterocycles. The first-order valence-electron chi connectivity index (χ1n) is 3.67. The first kappa shape index (κ1) is 9.47. The van der Waals surface area contributed by atoms with Gasteiger partial charge in [0.25, 0.3) is 5.91 Å². The number of aliphatic hydroxyl groups is 1. The maximum atomic E-state index is 10.7. The Morgan fingerprint density at radius 2 is 2.54 bits per heavy atom. The van der Waals surface area contributed by atoms with Gasteiger partial charge in [-0.05, 0) is 6.07 Å². The number of rotatable bonds is 3. The van der Waals surface area contributed by atoms with Crippen LogP contribution in [0.1, 0.15) is 0 Å². The van der Waals surface area contributed by atoms with E-state index in [4.69, 9.17) is 9.84 Å². The number of amides is 1. The molecule has 0 fully saturated rings. The molecule has 0 spiro atoms. The zero-order valence-electron chi connectivity index (χ0n) is 7.15. The Kier molecular flexibility index (Phi) is 3.22. The Hall–Kier alpha value is -1.62. The molecule has 70 valence electrons. The van der Waals surface area contributed by atoms with E-state index in [9.17, 15) is 4.79 Å². The highest BCUT2D eigenvalue weighted by Gasteiger charge is 2.01. The molecule has 0 aliphatic carbocycles. The zero-order valence-corrected chi connectivity index (χ0v) is 7.15. The summed E-state index contributed by atoms with van der Waals surface area (Å²) in [7, 11) is 1.52. The number of hydrogen-bond donors (Lipinski definition) is 2. The molecule has 0 bridgehead atoms. The van der Waals surface area contributed by atoms with Crippen LogP contribution in [0.25, 0.3) is 0 Å². The molecule has 5 heteroatoms. The van der Waals surface area contributed by atoms with Gasteiger partial charge in [-0.3, -0.25) is 4.79 Å². The van der Waals surface area contributed by atoms with Crippen molar-refractivity contribution in [3.8, 4) is 5.75 Å². The average Bonchev–Trinajstić information content (AvgIpc) is 2.18. The summed E-state index contributed by atoms with van der Waals surface area (Å²) in [5.41, 5.74) is 0. The molecule has 0 saturated carbocycles. The second kappa shape index (κ2) is 4.42. The number of nitrogens with one attached hydrogen (secondary N) is 1. The molecule has 2 N–H and O–H groups in total. The highest BCUT2D eigenvalue weighted by molar-refractivity contribution is 5.90. The van der Waals surface area contributed by atoms with Gasteiger partial charge in [0.1, 0.15) is 18.2 Å². The number of ether oxygens (including phenoxy) is 1. The summed E-state index contributed by atoms with van der Waals surface area (Å²) in [6, 6.07) is 3.22. The van der Waals surface area contributed by atoms with Crippen LogP contribution in [-0.4, -0.2) is 29.7 Å². The largest absolute Gasteiger partial charge is 0.497 e. The molecule has 13 heavy (non-hydrogen) atoms. The maximum Gasteiger partial charge on any atom is 0.251 e. The molecule has 0 saturated heterocycles. The fourth-order valence-electron chi connectivity index (χ4n) is 0.789. The maximum absolute atomic E-state index is 10.7. The van der Waals surface area contributed by atoms with Crippen LogP contribution in [0.4, 0.5) is 5.82 Å². The Morgan fingerprint density at radius 1 is 1.77 bits per heavy atom. The van der Waals surface area contributed by atoms with Gasteiger partial charge in [-0.1, -0.05) is 0 Å². The molecule has 0 radical (unpaired) electrons.